The van der Waals surface area contributed by atoms with Gasteiger partial charge in [-0.25, -0.2) is 0 Å². The van der Waals surface area contributed by atoms with E-state index < -0.39 is 0 Å². The molecule has 0 heterocycles. The van der Waals surface area contributed by atoms with Crippen molar-refractivity contribution in [1.82, 2.24) is 0 Å². The zero-order valence-corrected chi connectivity index (χ0v) is 13.8. The standard InChI is InChI=1S/C14H10BrCl3O/c1-19-13-7-11(16)10(6-12(13)17)14(18)8-3-2-4-9(15)5-8/h2-7,14H,1H3. The summed E-state index contributed by atoms with van der Waals surface area (Å²) in [6.07, 6.45) is 0. The fourth-order valence-electron chi connectivity index (χ4n) is 1.74. The number of hydrogen-bond donors (Lipinski definition) is 0. The third-order valence-electron chi connectivity index (χ3n) is 2.69. The second kappa shape index (κ2) is 6.36. The van der Waals surface area contributed by atoms with Crippen LogP contribution in [0.4, 0.5) is 0 Å². The summed E-state index contributed by atoms with van der Waals surface area (Å²) in [6, 6.07) is 11.2. The molecule has 0 aliphatic carbocycles. The number of alkyl halides is 1. The molecule has 0 aromatic heterocycles. The molecule has 5 heteroatoms. The Hall–Kier alpha value is -0.410. The van der Waals surface area contributed by atoms with Crippen LogP contribution < -0.4 is 4.74 Å². The van der Waals surface area contributed by atoms with Gasteiger partial charge in [0.25, 0.3) is 0 Å². The molecule has 0 aliphatic rings. The SMILES string of the molecule is COc1cc(Cl)c(C(Cl)c2cccc(Br)c2)cc1Cl. The lowest BCUT2D eigenvalue weighted by molar-refractivity contribution is 0.415. The number of benzene rings is 2. The monoisotopic (exact) mass is 378 g/mol. The van der Waals surface area contributed by atoms with Gasteiger partial charge in [-0.1, -0.05) is 51.3 Å². The van der Waals surface area contributed by atoms with Gasteiger partial charge in [-0.15, -0.1) is 11.6 Å². The molecule has 1 atom stereocenters. The first kappa shape index (κ1) is 15.0. The molecular formula is C14H10BrCl3O. The van der Waals surface area contributed by atoms with Crippen molar-refractivity contribution in [1.29, 1.82) is 0 Å². The Labute approximate surface area is 135 Å². The zero-order valence-electron chi connectivity index (χ0n) is 9.96. The van der Waals surface area contributed by atoms with Gasteiger partial charge in [-0.3, -0.25) is 0 Å². The molecule has 1 nitrogen and oxygen atoms in total. The van der Waals surface area contributed by atoms with E-state index in [2.05, 4.69) is 15.9 Å². The molecule has 19 heavy (non-hydrogen) atoms. The molecule has 0 spiro atoms. The normalized spacial score (nSPS) is 12.3. The quantitative estimate of drug-likeness (QED) is 0.585. The fourth-order valence-corrected chi connectivity index (χ4v) is 3.04. The third kappa shape index (κ3) is 3.38. The molecule has 2 rings (SSSR count). The van der Waals surface area contributed by atoms with Gasteiger partial charge in [-0.05, 0) is 29.3 Å². The van der Waals surface area contributed by atoms with Gasteiger partial charge in [0.1, 0.15) is 5.75 Å². The summed E-state index contributed by atoms with van der Waals surface area (Å²) >= 11 is 22.2. The van der Waals surface area contributed by atoms with E-state index in [1.807, 2.05) is 24.3 Å². The van der Waals surface area contributed by atoms with Crippen molar-refractivity contribution >= 4 is 50.7 Å². The van der Waals surface area contributed by atoms with Crippen LogP contribution in [0.3, 0.4) is 0 Å². The fraction of sp³-hybridized carbons (Fsp3) is 0.143. The van der Waals surface area contributed by atoms with Crippen molar-refractivity contribution in [2.24, 2.45) is 0 Å². The van der Waals surface area contributed by atoms with Gasteiger partial charge < -0.3 is 4.74 Å². The van der Waals surface area contributed by atoms with E-state index in [-0.39, 0.29) is 5.38 Å². The maximum absolute atomic E-state index is 6.47. The van der Waals surface area contributed by atoms with Crippen molar-refractivity contribution in [3.05, 3.63) is 62.0 Å². The van der Waals surface area contributed by atoms with E-state index in [1.54, 1.807) is 19.2 Å². The Morgan fingerprint density at radius 2 is 1.84 bits per heavy atom. The molecule has 0 radical (unpaired) electrons. The summed E-state index contributed by atoms with van der Waals surface area (Å²) in [4.78, 5) is 0. The Bertz CT molecular complexity index is 601. The van der Waals surface area contributed by atoms with Gasteiger partial charge in [0.05, 0.1) is 17.5 Å². The molecule has 0 amide bonds. The predicted molar refractivity (Wildman–Crippen MR) is 84.9 cm³/mol. The number of rotatable bonds is 3. The topological polar surface area (TPSA) is 9.23 Å². The van der Waals surface area contributed by atoms with E-state index in [0.29, 0.717) is 15.8 Å². The zero-order chi connectivity index (χ0) is 14.0. The van der Waals surface area contributed by atoms with Crippen molar-refractivity contribution < 1.29 is 4.74 Å². The van der Waals surface area contributed by atoms with Gasteiger partial charge >= 0.3 is 0 Å². The summed E-state index contributed by atoms with van der Waals surface area (Å²) in [6.45, 7) is 0. The summed E-state index contributed by atoms with van der Waals surface area (Å²) in [7, 11) is 1.55. The predicted octanol–water partition coefficient (Wildman–Crippen LogP) is 6.09. The van der Waals surface area contributed by atoms with Crippen molar-refractivity contribution in [2.45, 2.75) is 5.38 Å². The lowest BCUT2D eigenvalue weighted by atomic mass is 10.0. The molecule has 0 fully saturated rings. The average molecular weight is 380 g/mol. The van der Waals surface area contributed by atoms with Crippen LogP contribution in [-0.2, 0) is 0 Å². The minimum atomic E-state index is -0.367. The summed E-state index contributed by atoms with van der Waals surface area (Å²) in [5.74, 6) is 0.536. The van der Waals surface area contributed by atoms with Crippen LogP contribution in [-0.4, -0.2) is 7.11 Å². The Kier molecular flexibility index (Phi) is 5.02. The highest BCUT2D eigenvalue weighted by molar-refractivity contribution is 9.10. The van der Waals surface area contributed by atoms with Crippen molar-refractivity contribution in [3.8, 4) is 5.75 Å². The molecule has 2 aromatic rings. The van der Waals surface area contributed by atoms with Crippen LogP contribution in [0, 0.1) is 0 Å². The average Bonchev–Trinajstić information content (AvgIpc) is 2.40. The lowest BCUT2D eigenvalue weighted by Gasteiger charge is -2.14. The van der Waals surface area contributed by atoms with E-state index in [1.165, 1.54) is 0 Å². The van der Waals surface area contributed by atoms with Crippen LogP contribution in [0.2, 0.25) is 10.0 Å². The highest BCUT2D eigenvalue weighted by atomic mass is 79.9. The van der Waals surface area contributed by atoms with Crippen molar-refractivity contribution in [2.75, 3.05) is 7.11 Å². The van der Waals surface area contributed by atoms with E-state index in [9.17, 15) is 0 Å². The molecule has 1 unspecified atom stereocenters. The molecule has 100 valence electrons. The molecule has 2 aromatic carbocycles. The van der Waals surface area contributed by atoms with Gasteiger partial charge in [0, 0.05) is 15.6 Å². The van der Waals surface area contributed by atoms with Gasteiger partial charge in [-0.2, -0.15) is 0 Å². The molecule has 0 saturated carbocycles. The Morgan fingerprint density at radius 1 is 1.11 bits per heavy atom. The van der Waals surface area contributed by atoms with Crippen LogP contribution >= 0.6 is 50.7 Å². The molecule has 0 bridgehead atoms. The van der Waals surface area contributed by atoms with Gasteiger partial charge in [0.2, 0.25) is 0 Å². The first-order chi connectivity index (χ1) is 9.02. The van der Waals surface area contributed by atoms with Crippen LogP contribution in [0.25, 0.3) is 0 Å². The lowest BCUT2D eigenvalue weighted by Crippen LogP contribution is -1.96. The number of hydrogen-bond acceptors (Lipinski definition) is 1. The summed E-state index contributed by atoms with van der Waals surface area (Å²) in [5.41, 5.74) is 1.70. The second-order valence-corrected chi connectivity index (χ2v) is 6.09. The van der Waals surface area contributed by atoms with Crippen LogP contribution in [0.1, 0.15) is 16.5 Å². The highest BCUT2D eigenvalue weighted by Gasteiger charge is 2.17. The largest absolute Gasteiger partial charge is 0.495 e. The molecular weight excluding hydrogens is 370 g/mol. The van der Waals surface area contributed by atoms with Crippen LogP contribution in [0.15, 0.2) is 40.9 Å². The van der Waals surface area contributed by atoms with Crippen LogP contribution in [0.5, 0.6) is 5.75 Å². The van der Waals surface area contributed by atoms with E-state index >= 15 is 0 Å². The molecule has 0 N–H and O–H groups in total. The number of methoxy groups -OCH3 is 1. The minimum Gasteiger partial charge on any atom is -0.495 e. The second-order valence-electron chi connectivity index (χ2n) is 3.93. The molecule has 0 aliphatic heterocycles. The smallest absolute Gasteiger partial charge is 0.138 e. The minimum absolute atomic E-state index is 0.367. The third-order valence-corrected chi connectivity index (χ3v) is 4.29. The Morgan fingerprint density at radius 3 is 2.47 bits per heavy atom. The van der Waals surface area contributed by atoms with Gasteiger partial charge in [0.15, 0.2) is 0 Å². The Balaban J connectivity index is 2.44. The number of halogens is 4. The van der Waals surface area contributed by atoms with E-state index in [4.69, 9.17) is 39.5 Å². The first-order valence-corrected chi connectivity index (χ1v) is 7.44. The molecule has 0 saturated heterocycles. The summed E-state index contributed by atoms with van der Waals surface area (Å²) < 4.78 is 6.08. The van der Waals surface area contributed by atoms with Crippen molar-refractivity contribution in [3.63, 3.8) is 0 Å². The maximum Gasteiger partial charge on any atom is 0.138 e. The maximum atomic E-state index is 6.47. The first-order valence-electron chi connectivity index (χ1n) is 5.45. The summed E-state index contributed by atoms with van der Waals surface area (Å²) in [5, 5.41) is 0.650. The number of ether oxygens (including phenoxy) is 1. The van der Waals surface area contributed by atoms with E-state index in [0.717, 1.165) is 15.6 Å². The highest BCUT2D eigenvalue weighted by Crippen LogP contribution is 2.39.